The van der Waals surface area contributed by atoms with Gasteiger partial charge in [0.25, 0.3) is 0 Å². The Kier molecular flexibility index (Phi) is 5.28. The topological polar surface area (TPSA) is 58.6 Å². The first-order chi connectivity index (χ1) is 12.1. The number of benzene rings is 2. The van der Waals surface area contributed by atoms with E-state index in [-0.39, 0.29) is 23.4 Å². The van der Waals surface area contributed by atoms with E-state index in [2.05, 4.69) is 5.32 Å². The molecule has 3 rings (SSSR count). The molecule has 1 heterocycles. The van der Waals surface area contributed by atoms with Crippen molar-refractivity contribution in [2.75, 3.05) is 7.11 Å². The average Bonchev–Trinajstić information content (AvgIpc) is 2.62. The van der Waals surface area contributed by atoms with Crippen molar-refractivity contribution in [3.8, 4) is 5.75 Å². The molecule has 1 N–H and O–H groups in total. The Morgan fingerprint density at radius 3 is 2.56 bits per heavy atom. The Labute approximate surface area is 151 Å². The number of β-lactam (4-membered cyclic amide) rings is 1. The maximum absolute atomic E-state index is 12.5. The summed E-state index contributed by atoms with van der Waals surface area (Å²) in [6.45, 7) is 1.90. The number of ether oxygens (including phenoxy) is 1. The van der Waals surface area contributed by atoms with Gasteiger partial charge in [-0.2, -0.15) is 0 Å². The molecule has 0 aromatic heterocycles. The maximum atomic E-state index is 12.5. The van der Waals surface area contributed by atoms with Crippen LogP contribution in [0.25, 0.3) is 0 Å². The standard InChI is InChI=1S/C19H20N2O3S/c1-13(14-8-4-3-5-9-14)20-19(23)21-17(22)12-18(21)25-16-11-7-6-10-15(16)24-2/h3-11,13,18H,12H2,1-2H3,(H,20,23)/t13-,18+/m1/s1. The molecule has 3 amide bonds. The number of nitrogens with zero attached hydrogens (tertiary/aromatic N) is 1. The van der Waals surface area contributed by atoms with Crippen LogP contribution in [0.1, 0.15) is 24.9 Å². The van der Waals surface area contributed by atoms with Crippen LogP contribution in [0.3, 0.4) is 0 Å². The molecule has 1 aliphatic heterocycles. The molecule has 25 heavy (non-hydrogen) atoms. The molecule has 130 valence electrons. The quantitative estimate of drug-likeness (QED) is 0.828. The van der Waals surface area contributed by atoms with Gasteiger partial charge in [0.05, 0.1) is 24.5 Å². The average molecular weight is 356 g/mol. The van der Waals surface area contributed by atoms with Crippen LogP contribution in [0, 0.1) is 0 Å². The molecule has 2 aromatic rings. The summed E-state index contributed by atoms with van der Waals surface area (Å²) in [4.78, 5) is 26.7. The number of likely N-dealkylation sites (tertiary alicyclic amines) is 1. The molecule has 0 radical (unpaired) electrons. The fourth-order valence-corrected chi connectivity index (χ4v) is 3.93. The second kappa shape index (κ2) is 7.61. The highest BCUT2D eigenvalue weighted by molar-refractivity contribution is 8.00. The van der Waals surface area contributed by atoms with Crippen LogP contribution in [0.2, 0.25) is 0 Å². The van der Waals surface area contributed by atoms with Crippen LogP contribution >= 0.6 is 11.8 Å². The zero-order valence-electron chi connectivity index (χ0n) is 14.1. The summed E-state index contributed by atoms with van der Waals surface area (Å²) in [5.41, 5.74) is 0.998. The summed E-state index contributed by atoms with van der Waals surface area (Å²) in [5.74, 6) is 0.579. The fraction of sp³-hybridized carbons (Fsp3) is 0.263. The van der Waals surface area contributed by atoms with Crippen LogP contribution in [-0.4, -0.2) is 29.3 Å². The fourth-order valence-electron chi connectivity index (χ4n) is 2.67. The van der Waals surface area contributed by atoms with Gasteiger partial charge in [0, 0.05) is 0 Å². The van der Waals surface area contributed by atoms with Gasteiger partial charge in [0.15, 0.2) is 0 Å². The number of nitrogens with one attached hydrogen (secondary N) is 1. The van der Waals surface area contributed by atoms with Gasteiger partial charge in [-0.05, 0) is 24.6 Å². The number of amides is 3. The van der Waals surface area contributed by atoms with E-state index in [1.165, 1.54) is 16.7 Å². The van der Waals surface area contributed by atoms with Crippen molar-refractivity contribution in [3.05, 3.63) is 60.2 Å². The Morgan fingerprint density at radius 2 is 1.88 bits per heavy atom. The smallest absolute Gasteiger partial charge is 0.325 e. The van der Waals surface area contributed by atoms with E-state index in [0.29, 0.717) is 6.42 Å². The van der Waals surface area contributed by atoms with Crippen LogP contribution in [0.4, 0.5) is 4.79 Å². The van der Waals surface area contributed by atoms with E-state index in [1.807, 2.05) is 61.5 Å². The summed E-state index contributed by atoms with van der Waals surface area (Å²) in [7, 11) is 1.61. The first kappa shape index (κ1) is 17.4. The summed E-state index contributed by atoms with van der Waals surface area (Å²) < 4.78 is 5.33. The summed E-state index contributed by atoms with van der Waals surface area (Å²) in [6.07, 6.45) is 0.343. The first-order valence-corrected chi connectivity index (χ1v) is 8.95. The van der Waals surface area contributed by atoms with Crippen LogP contribution in [0.5, 0.6) is 5.75 Å². The Morgan fingerprint density at radius 1 is 1.20 bits per heavy atom. The predicted octanol–water partition coefficient (Wildman–Crippen LogP) is 3.82. The van der Waals surface area contributed by atoms with Gasteiger partial charge in [0.2, 0.25) is 5.91 Å². The molecule has 0 bridgehead atoms. The number of thioether (sulfide) groups is 1. The number of urea groups is 1. The second-order valence-corrected chi connectivity index (χ2v) is 6.99. The minimum Gasteiger partial charge on any atom is -0.496 e. The number of imide groups is 1. The highest BCUT2D eigenvalue weighted by Crippen LogP contribution is 2.39. The SMILES string of the molecule is COc1ccccc1S[C@H]1CC(=O)N1C(=O)N[C@H](C)c1ccccc1. The third kappa shape index (κ3) is 3.79. The number of carbonyl (C=O) groups excluding carboxylic acids is 2. The number of para-hydroxylation sites is 1. The third-order valence-electron chi connectivity index (χ3n) is 4.10. The molecular weight excluding hydrogens is 336 g/mol. The molecule has 0 spiro atoms. The number of methoxy groups -OCH3 is 1. The molecule has 2 atom stereocenters. The van der Waals surface area contributed by atoms with Crippen molar-refractivity contribution in [1.29, 1.82) is 0 Å². The molecular formula is C19H20N2O3S. The molecule has 0 aliphatic carbocycles. The number of rotatable bonds is 5. The van der Waals surface area contributed by atoms with Gasteiger partial charge in [-0.15, -0.1) is 0 Å². The van der Waals surface area contributed by atoms with Crippen molar-refractivity contribution < 1.29 is 14.3 Å². The van der Waals surface area contributed by atoms with E-state index < -0.39 is 0 Å². The lowest BCUT2D eigenvalue weighted by atomic mass is 10.1. The predicted molar refractivity (Wildman–Crippen MR) is 97.5 cm³/mol. The number of hydrogen-bond acceptors (Lipinski definition) is 4. The van der Waals surface area contributed by atoms with E-state index in [0.717, 1.165) is 16.2 Å². The summed E-state index contributed by atoms with van der Waals surface area (Å²) in [6, 6.07) is 16.7. The van der Waals surface area contributed by atoms with E-state index in [4.69, 9.17) is 4.74 Å². The largest absolute Gasteiger partial charge is 0.496 e. The van der Waals surface area contributed by atoms with Gasteiger partial charge >= 0.3 is 6.03 Å². The van der Waals surface area contributed by atoms with Crippen molar-refractivity contribution in [1.82, 2.24) is 10.2 Å². The van der Waals surface area contributed by atoms with Crippen molar-refractivity contribution in [3.63, 3.8) is 0 Å². The first-order valence-electron chi connectivity index (χ1n) is 8.07. The van der Waals surface area contributed by atoms with Crippen molar-refractivity contribution in [2.45, 2.75) is 29.7 Å². The maximum Gasteiger partial charge on any atom is 0.325 e. The Hall–Kier alpha value is -2.47. The Balaban J connectivity index is 1.66. The van der Waals surface area contributed by atoms with Crippen molar-refractivity contribution >= 4 is 23.7 Å². The minimum absolute atomic E-state index is 0.162. The monoisotopic (exact) mass is 356 g/mol. The molecule has 6 heteroatoms. The zero-order valence-corrected chi connectivity index (χ0v) is 15.0. The van der Waals surface area contributed by atoms with Gasteiger partial charge < -0.3 is 10.1 Å². The molecule has 1 aliphatic rings. The highest BCUT2D eigenvalue weighted by atomic mass is 32.2. The van der Waals surface area contributed by atoms with Crippen molar-refractivity contribution in [2.24, 2.45) is 0 Å². The number of hydrogen-bond donors (Lipinski definition) is 1. The highest BCUT2D eigenvalue weighted by Gasteiger charge is 2.42. The molecule has 1 fully saturated rings. The van der Waals surface area contributed by atoms with E-state index in [1.54, 1.807) is 7.11 Å². The zero-order chi connectivity index (χ0) is 17.8. The van der Waals surface area contributed by atoms with Gasteiger partial charge in [0.1, 0.15) is 11.1 Å². The minimum atomic E-state index is -0.361. The Bertz CT molecular complexity index is 766. The van der Waals surface area contributed by atoms with Crippen LogP contribution < -0.4 is 10.1 Å². The molecule has 0 saturated carbocycles. The molecule has 0 unspecified atom stereocenters. The van der Waals surface area contributed by atoms with Gasteiger partial charge in [-0.1, -0.05) is 54.2 Å². The number of carbonyl (C=O) groups is 2. The van der Waals surface area contributed by atoms with Crippen LogP contribution in [0.15, 0.2) is 59.5 Å². The molecule has 2 aromatic carbocycles. The van der Waals surface area contributed by atoms with E-state index >= 15 is 0 Å². The van der Waals surface area contributed by atoms with Crippen LogP contribution in [-0.2, 0) is 4.79 Å². The van der Waals surface area contributed by atoms with Gasteiger partial charge in [-0.25, -0.2) is 4.79 Å². The van der Waals surface area contributed by atoms with E-state index in [9.17, 15) is 9.59 Å². The molecule has 5 nitrogen and oxygen atoms in total. The molecule has 1 saturated heterocycles. The third-order valence-corrected chi connectivity index (χ3v) is 5.34. The van der Waals surface area contributed by atoms with Gasteiger partial charge in [-0.3, -0.25) is 9.69 Å². The lowest BCUT2D eigenvalue weighted by Gasteiger charge is -2.38. The second-order valence-electron chi connectivity index (χ2n) is 5.77. The summed E-state index contributed by atoms with van der Waals surface area (Å²) >= 11 is 1.46. The lowest BCUT2D eigenvalue weighted by Crippen LogP contribution is -2.57. The normalized spacial score (nSPS) is 17.6. The summed E-state index contributed by atoms with van der Waals surface area (Å²) in [5, 5.41) is 2.68. The lowest BCUT2D eigenvalue weighted by molar-refractivity contribution is -0.137.